The summed E-state index contributed by atoms with van der Waals surface area (Å²) in [7, 11) is -0.587. The Morgan fingerprint density at radius 1 is 1.30 bits per heavy atom. The maximum absolute atomic E-state index is 11.5. The number of carbonyl (C=O) groups excluding carboxylic acids is 1. The molecule has 23 heavy (non-hydrogen) atoms. The monoisotopic (exact) mass is 318 g/mol. The van der Waals surface area contributed by atoms with Gasteiger partial charge in [-0.25, -0.2) is 0 Å². The summed E-state index contributed by atoms with van der Waals surface area (Å²) in [5.41, 5.74) is 0.324. The number of rotatable bonds is 4. The van der Waals surface area contributed by atoms with E-state index in [9.17, 15) is 9.59 Å². The first-order valence-electron chi connectivity index (χ1n) is 7.60. The van der Waals surface area contributed by atoms with Crippen LogP contribution in [0.25, 0.3) is 6.08 Å². The molecule has 0 aromatic carbocycles. The number of nitrogens with one attached hydrogen (secondary N) is 2. The molecule has 0 spiro atoms. The van der Waals surface area contributed by atoms with Crippen LogP contribution in [0, 0.1) is 0 Å². The van der Waals surface area contributed by atoms with E-state index in [1.165, 1.54) is 19.1 Å². The van der Waals surface area contributed by atoms with E-state index in [1.807, 2.05) is 27.7 Å². The Balaban J connectivity index is 2.32. The lowest BCUT2D eigenvalue weighted by Gasteiger charge is -2.32. The summed E-state index contributed by atoms with van der Waals surface area (Å²) in [6.07, 6.45) is 3.36. The van der Waals surface area contributed by atoms with Crippen molar-refractivity contribution in [3.63, 3.8) is 0 Å². The highest BCUT2D eigenvalue weighted by Gasteiger charge is 2.52. The van der Waals surface area contributed by atoms with Gasteiger partial charge in [0.1, 0.15) is 0 Å². The fourth-order valence-corrected chi connectivity index (χ4v) is 2.17. The first-order chi connectivity index (χ1) is 10.6. The van der Waals surface area contributed by atoms with Crippen LogP contribution in [0.1, 0.15) is 40.3 Å². The number of carbonyl (C=O) groups is 1. The van der Waals surface area contributed by atoms with Crippen LogP contribution in [-0.4, -0.2) is 35.8 Å². The lowest BCUT2D eigenvalue weighted by molar-refractivity contribution is -0.118. The zero-order chi connectivity index (χ0) is 17.3. The van der Waals surface area contributed by atoms with Crippen LogP contribution in [0.15, 0.2) is 28.6 Å². The molecule has 1 amide bonds. The summed E-state index contributed by atoms with van der Waals surface area (Å²) in [6.45, 7) is 9.59. The van der Waals surface area contributed by atoms with Crippen molar-refractivity contribution >= 4 is 19.1 Å². The van der Waals surface area contributed by atoms with Crippen molar-refractivity contribution < 1.29 is 14.1 Å². The molecule has 1 fully saturated rings. The molecule has 2 heterocycles. The van der Waals surface area contributed by atoms with Crippen LogP contribution in [0.5, 0.6) is 0 Å². The van der Waals surface area contributed by atoms with Gasteiger partial charge in [-0.1, -0.05) is 0 Å². The number of hydrogen-bond donors (Lipinski definition) is 2. The predicted molar refractivity (Wildman–Crippen MR) is 89.8 cm³/mol. The highest BCUT2D eigenvalue weighted by molar-refractivity contribution is 6.56. The largest absolute Gasteiger partial charge is 0.492 e. The molecule has 0 radical (unpaired) electrons. The summed E-state index contributed by atoms with van der Waals surface area (Å²) in [6, 6.07) is 2.93. The van der Waals surface area contributed by atoms with Crippen molar-refractivity contribution in [2.75, 3.05) is 6.54 Å². The second-order valence-electron chi connectivity index (χ2n) is 6.70. The molecular weight excluding hydrogens is 295 g/mol. The molecule has 7 heteroatoms. The zero-order valence-electron chi connectivity index (χ0n) is 14.2. The van der Waals surface area contributed by atoms with E-state index in [-0.39, 0.29) is 17.9 Å². The SMILES string of the molecule is CC(=O)NCC(=Cc1cc(=O)cc[nH]1)B1OC(C)(C)C(C)(C)O1. The fourth-order valence-electron chi connectivity index (χ4n) is 2.17. The summed E-state index contributed by atoms with van der Waals surface area (Å²) < 4.78 is 12.1. The van der Waals surface area contributed by atoms with Gasteiger partial charge in [0.2, 0.25) is 5.91 Å². The van der Waals surface area contributed by atoms with Gasteiger partial charge < -0.3 is 19.6 Å². The third-order valence-corrected chi connectivity index (χ3v) is 4.23. The Bertz CT molecular complexity index is 663. The van der Waals surface area contributed by atoms with Crippen LogP contribution in [0.3, 0.4) is 0 Å². The van der Waals surface area contributed by atoms with Gasteiger partial charge in [0.05, 0.1) is 11.2 Å². The Labute approximate surface area is 136 Å². The average molecular weight is 318 g/mol. The van der Waals surface area contributed by atoms with E-state index in [0.29, 0.717) is 5.69 Å². The highest BCUT2D eigenvalue weighted by atomic mass is 16.7. The Kier molecular flexibility index (Phi) is 4.82. The van der Waals surface area contributed by atoms with Crippen molar-refractivity contribution in [3.8, 4) is 0 Å². The quantitative estimate of drug-likeness (QED) is 0.825. The van der Waals surface area contributed by atoms with Crippen molar-refractivity contribution in [1.29, 1.82) is 0 Å². The Morgan fingerprint density at radius 2 is 1.91 bits per heavy atom. The fraction of sp³-hybridized carbons (Fsp3) is 0.500. The minimum absolute atomic E-state index is 0.0946. The van der Waals surface area contributed by atoms with Crippen molar-refractivity contribution in [3.05, 3.63) is 39.7 Å². The van der Waals surface area contributed by atoms with Crippen LogP contribution in [0.2, 0.25) is 0 Å². The summed E-state index contributed by atoms with van der Waals surface area (Å²) >= 11 is 0. The molecule has 2 N–H and O–H groups in total. The number of amides is 1. The predicted octanol–water partition coefficient (Wildman–Crippen LogP) is 1.53. The molecule has 1 aromatic heterocycles. The number of hydrogen-bond acceptors (Lipinski definition) is 4. The summed E-state index contributed by atoms with van der Waals surface area (Å²) in [5.74, 6) is -0.144. The van der Waals surface area contributed by atoms with Gasteiger partial charge in [-0.2, -0.15) is 0 Å². The van der Waals surface area contributed by atoms with Crippen molar-refractivity contribution in [2.24, 2.45) is 0 Å². The maximum Gasteiger partial charge on any atom is 0.492 e. The van der Waals surface area contributed by atoms with E-state index >= 15 is 0 Å². The molecule has 0 atom stereocenters. The third kappa shape index (κ3) is 4.12. The smallest absolute Gasteiger partial charge is 0.400 e. The van der Waals surface area contributed by atoms with Crippen molar-refractivity contribution in [1.82, 2.24) is 10.3 Å². The lowest BCUT2D eigenvalue weighted by Crippen LogP contribution is -2.41. The van der Waals surface area contributed by atoms with Gasteiger partial charge in [-0.15, -0.1) is 0 Å². The molecule has 1 aliphatic heterocycles. The van der Waals surface area contributed by atoms with Gasteiger partial charge in [-0.05, 0) is 39.2 Å². The normalized spacial score (nSPS) is 19.7. The molecule has 6 nitrogen and oxygen atoms in total. The van der Waals surface area contributed by atoms with Gasteiger partial charge in [0.25, 0.3) is 0 Å². The molecule has 124 valence electrons. The maximum atomic E-state index is 11.5. The van der Waals surface area contributed by atoms with Gasteiger partial charge >= 0.3 is 7.12 Å². The average Bonchev–Trinajstić information content (AvgIpc) is 2.63. The van der Waals surface area contributed by atoms with Gasteiger partial charge in [0, 0.05) is 37.5 Å². The number of pyridine rings is 1. The molecule has 1 saturated heterocycles. The molecule has 0 saturated carbocycles. The van der Waals surface area contributed by atoms with Crippen LogP contribution in [0.4, 0.5) is 0 Å². The van der Waals surface area contributed by atoms with E-state index < -0.39 is 18.3 Å². The highest BCUT2D eigenvalue weighted by Crippen LogP contribution is 2.38. The minimum atomic E-state index is -0.587. The van der Waals surface area contributed by atoms with Gasteiger partial charge in [-0.3, -0.25) is 9.59 Å². The standard InChI is InChI=1S/C16H23BN2O4/c1-11(20)19-10-12(8-13-9-14(21)6-7-18-13)17-22-15(2,3)16(4,5)23-17/h6-9H,10H2,1-5H3,(H,18,21)(H,19,20). The molecular formula is C16H23BN2O4. The van der Waals surface area contributed by atoms with E-state index in [2.05, 4.69) is 10.3 Å². The third-order valence-electron chi connectivity index (χ3n) is 4.23. The molecule has 0 aliphatic carbocycles. The van der Waals surface area contributed by atoms with E-state index in [0.717, 1.165) is 5.47 Å². The van der Waals surface area contributed by atoms with E-state index in [1.54, 1.807) is 12.3 Å². The second kappa shape index (κ2) is 6.33. The molecule has 2 rings (SSSR count). The Morgan fingerprint density at radius 3 is 2.43 bits per heavy atom. The summed E-state index contributed by atoms with van der Waals surface area (Å²) in [5, 5.41) is 2.75. The first-order valence-corrected chi connectivity index (χ1v) is 7.60. The number of aromatic amines is 1. The topological polar surface area (TPSA) is 80.4 Å². The van der Waals surface area contributed by atoms with Crippen LogP contribution >= 0.6 is 0 Å². The molecule has 1 aromatic rings. The van der Waals surface area contributed by atoms with Crippen molar-refractivity contribution in [2.45, 2.75) is 45.8 Å². The number of H-pyrrole nitrogens is 1. The first kappa shape index (κ1) is 17.5. The Hall–Kier alpha value is -1.86. The lowest BCUT2D eigenvalue weighted by atomic mass is 9.77. The van der Waals surface area contributed by atoms with Crippen LogP contribution in [-0.2, 0) is 14.1 Å². The number of aromatic nitrogens is 1. The van der Waals surface area contributed by atoms with Crippen LogP contribution < -0.4 is 10.7 Å². The minimum Gasteiger partial charge on any atom is -0.400 e. The molecule has 0 bridgehead atoms. The molecule has 0 unspecified atom stereocenters. The second-order valence-corrected chi connectivity index (χ2v) is 6.70. The summed E-state index contributed by atoms with van der Waals surface area (Å²) in [4.78, 5) is 25.7. The van der Waals surface area contributed by atoms with E-state index in [4.69, 9.17) is 9.31 Å². The zero-order valence-corrected chi connectivity index (χ0v) is 14.2. The molecule has 1 aliphatic rings. The van der Waals surface area contributed by atoms with Gasteiger partial charge in [0.15, 0.2) is 5.43 Å².